The summed E-state index contributed by atoms with van der Waals surface area (Å²) in [6, 6.07) is 18.4. The van der Waals surface area contributed by atoms with Gasteiger partial charge in [-0.3, -0.25) is 0 Å². The fraction of sp³-hybridized carbons (Fsp3) is 0.294. The molecule has 0 spiro atoms. The third-order valence-electron chi connectivity index (χ3n) is 3.22. The predicted octanol–water partition coefficient (Wildman–Crippen LogP) is 2.88. The van der Waals surface area contributed by atoms with E-state index in [1.807, 2.05) is 43.3 Å². The minimum absolute atomic E-state index is 0.123. The van der Waals surface area contributed by atoms with Crippen molar-refractivity contribution in [2.24, 2.45) is 0 Å². The zero-order valence-electron chi connectivity index (χ0n) is 11.8. The van der Waals surface area contributed by atoms with Crippen LogP contribution in [0.5, 0.6) is 0 Å². The van der Waals surface area contributed by atoms with Crippen LogP contribution in [0.3, 0.4) is 0 Å². The van der Waals surface area contributed by atoms with E-state index in [-0.39, 0.29) is 21.1 Å². The van der Waals surface area contributed by atoms with E-state index in [1.54, 1.807) is 7.11 Å². The van der Waals surface area contributed by atoms with Crippen molar-refractivity contribution in [3.05, 3.63) is 65.7 Å². The van der Waals surface area contributed by atoms with Crippen molar-refractivity contribution >= 4 is 19.4 Å². The monoisotopic (exact) mass is 336 g/mol. The summed E-state index contributed by atoms with van der Waals surface area (Å²) in [7, 11) is 1.76. The van der Waals surface area contributed by atoms with Gasteiger partial charge in [0.25, 0.3) is 0 Å². The van der Waals surface area contributed by atoms with Gasteiger partial charge in [0.1, 0.15) is 0 Å². The Labute approximate surface area is 127 Å². The Balaban J connectivity index is 2.08. The van der Waals surface area contributed by atoms with Gasteiger partial charge >= 0.3 is 127 Å². The zero-order chi connectivity index (χ0) is 14.4. The van der Waals surface area contributed by atoms with Crippen LogP contribution < -0.4 is 4.46 Å². The number of hydrogen-bond acceptors (Lipinski definition) is 2. The van der Waals surface area contributed by atoms with Crippen molar-refractivity contribution in [2.45, 2.75) is 24.5 Å². The summed E-state index contributed by atoms with van der Waals surface area (Å²) in [5, 5.41) is 10.8. The molecule has 0 aromatic heterocycles. The van der Waals surface area contributed by atoms with E-state index < -0.39 is 6.10 Å². The molecular weight excluding hydrogens is 315 g/mol. The number of benzene rings is 2. The van der Waals surface area contributed by atoms with E-state index in [9.17, 15) is 5.11 Å². The fourth-order valence-electron chi connectivity index (χ4n) is 2.09. The van der Waals surface area contributed by atoms with Crippen molar-refractivity contribution in [3.8, 4) is 0 Å². The molecule has 2 aromatic rings. The molecule has 0 unspecified atom stereocenters. The molecule has 1 N–H and O–H groups in total. The summed E-state index contributed by atoms with van der Waals surface area (Å²) in [5.74, 6) is 0. The second-order valence-corrected chi connectivity index (χ2v) is 6.89. The van der Waals surface area contributed by atoms with Crippen LogP contribution in [0.15, 0.2) is 54.6 Å². The maximum absolute atomic E-state index is 9.82. The molecule has 0 saturated carbocycles. The van der Waals surface area contributed by atoms with E-state index in [4.69, 9.17) is 4.74 Å². The standard InChI is InChI=1S/C17H20O2Se/c1-13(18)15-10-6-7-11-17(15)20-12-16(19-2)14-8-4-3-5-9-14/h3-11,13,16,18H,12H2,1-2H3/t13-,16+/m0/s1. The molecule has 3 heteroatoms. The molecule has 2 aromatic carbocycles. The Kier molecular flexibility index (Phi) is 5.81. The van der Waals surface area contributed by atoms with E-state index in [0.29, 0.717) is 0 Å². The predicted molar refractivity (Wildman–Crippen MR) is 83.5 cm³/mol. The minimum atomic E-state index is -0.411. The molecule has 106 valence electrons. The van der Waals surface area contributed by atoms with Crippen LogP contribution in [0.25, 0.3) is 0 Å². The quantitative estimate of drug-likeness (QED) is 0.823. The third kappa shape index (κ3) is 3.94. The van der Waals surface area contributed by atoms with Gasteiger partial charge in [-0.2, -0.15) is 0 Å². The average molecular weight is 335 g/mol. The van der Waals surface area contributed by atoms with Gasteiger partial charge in [0.2, 0.25) is 0 Å². The molecule has 0 radical (unpaired) electrons. The van der Waals surface area contributed by atoms with Gasteiger partial charge in [0.15, 0.2) is 0 Å². The fourth-order valence-corrected chi connectivity index (χ4v) is 4.69. The molecule has 0 amide bonds. The average Bonchev–Trinajstić information content (AvgIpc) is 2.49. The van der Waals surface area contributed by atoms with Crippen LogP contribution in [-0.2, 0) is 4.74 Å². The first-order valence-corrected chi connectivity index (χ1v) is 8.76. The molecule has 0 saturated heterocycles. The summed E-state index contributed by atoms with van der Waals surface area (Å²) in [4.78, 5) is 0. The summed E-state index contributed by atoms with van der Waals surface area (Å²) in [5.41, 5.74) is 2.25. The van der Waals surface area contributed by atoms with Gasteiger partial charge in [-0.1, -0.05) is 0 Å². The second kappa shape index (κ2) is 7.61. The van der Waals surface area contributed by atoms with Gasteiger partial charge in [-0.25, -0.2) is 0 Å². The summed E-state index contributed by atoms with van der Waals surface area (Å²) < 4.78 is 6.87. The molecule has 2 atom stereocenters. The zero-order valence-corrected chi connectivity index (χ0v) is 13.5. The van der Waals surface area contributed by atoms with Crippen LogP contribution in [0, 0.1) is 0 Å². The van der Waals surface area contributed by atoms with Crippen LogP contribution in [0.2, 0.25) is 5.32 Å². The van der Waals surface area contributed by atoms with E-state index in [2.05, 4.69) is 18.2 Å². The first-order chi connectivity index (χ1) is 9.72. The Morgan fingerprint density at radius 1 is 1.05 bits per heavy atom. The molecule has 0 aliphatic rings. The van der Waals surface area contributed by atoms with Crippen molar-refractivity contribution in [1.82, 2.24) is 0 Å². The SMILES string of the molecule is CO[C@H](C[Se]c1ccccc1[C@H](C)O)c1ccccc1. The Morgan fingerprint density at radius 2 is 1.70 bits per heavy atom. The third-order valence-corrected chi connectivity index (χ3v) is 5.63. The summed E-state index contributed by atoms with van der Waals surface area (Å²) >= 11 is 0.282. The molecule has 0 heterocycles. The number of rotatable bonds is 6. The van der Waals surface area contributed by atoms with E-state index in [1.165, 1.54) is 10.0 Å². The van der Waals surface area contributed by atoms with Gasteiger partial charge in [0, 0.05) is 0 Å². The van der Waals surface area contributed by atoms with Crippen molar-refractivity contribution in [2.75, 3.05) is 7.11 Å². The normalized spacial score (nSPS) is 13.9. The molecular formula is C17H20O2Se. The van der Waals surface area contributed by atoms with Gasteiger partial charge in [0.05, 0.1) is 0 Å². The number of aliphatic hydroxyl groups is 1. The topological polar surface area (TPSA) is 29.5 Å². The van der Waals surface area contributed by atoms with Crippen LogP contribution >= 0.6 is 0 Å². The van der Waals surface area contributed by atoms with Crippen molar-refractivity contribution < 1.29 is 9.84 Å². The Morgan fingerprint density at radius 3 is 2.35 bits per heavy atom. The van der Waals surface area contributed by atoms with Crippen molar-refractivity contribution in [1.29, 1.82) is 0 Å². The Hall–Kier alpha value is -1.12. The van der Waals surface area contributed by atoms with Crippen LogP contribution in [-0.4, -0.2) is 27.2 Å². The maximum atomic E-state index is 9.82. The molecule has 0 fully saturated rings. The van der Waals surface area contributed by atoms with Gasteiger partial charge < -0.3 is 0 Å². The number of aliphatic hydroxyl groups excluding tert-OH is 1. The number of ether oxygens (including phenoxy) is 1. The molecule has 2 rings (SSSR count). The van der Waals surface area contributed by atoms with Gasteiger partial charge in [-0.05, 0) is 0 Å². The first kappa shape index (κ1) is 15.3. The molecule has 20 heavy (non-hydrogen) atoms. The van der Waals surface area contributed by atoms with Crippen molar-refractivity contribution in [3.63, 3.8) is 0 Å². The molecule has 0 bridgehead atoms. The summed E-state index contributed by atoms with van der Waals surface area (Å²) in [6.45, 7) is 1.82. The van der Waals surface area contributed by atoms with E-state index in [0.717, 1.165) is 10.9 Å². The molecule has 0 aliphatic heterocycles. The molecule has 0 aliphatic carbocycles. The van der Waals surface area contributed by atoms with Crippen LogP contribution in [0.1, 0.15) is 30.3 Å². The first-order valence-electron chi connectivity index (χ1n) is 6.70. The van der Waals surface area contributed by atoms with E-state index >= 15 is 0 Å². The van der Waals surface area contributed by atoms with Gasteiger partial charge in [-0.15, -0.1) is 0 Å². The Bertz CT molecular complexity index is 526. The molecule has 2 nitrogen and oxygen atoms in total. The summed E-state index contributed by atoms with van der Waals surface area (Å²) in [6.07, 6.45) is -0.288. The number of methoxy groups -OCH3 is 1. The number of hydrogen-bond donors (Lipinski definition) is 1. The second-order valence-electron chi connectivity index (χ2n) is 4.66. The van der Waals surface area contributed by atoms with Crippen LogP contribution in [0.4, 0.5) is 0 Å².